The summed E-state index contributed by atoms with van der Waals surface area (Å²) in [6, 6.07) is 22.5. The molecule has 0 saturated carbocycles. The van der Waals surface area contributed by atoms with Gasteiger partial charge in [0.05, 0.1) is 18.4 Å². The topological polar surface area (TPSA) is 34.1 Å². The quantitative estimate of drug-likeness (QED) is 0.595. The zero-order valence-electron chi connectivity index (χ0n) is 16.1. The molecule has 0 fully saturated rings. The molecule has 2 atom stereocenters. The zero-order valence-corrected chi connectivity index (χ0v) is 16.1. The molecule has 5 heteroatoms. The van der Waals surface area contributed by atoms with Gasteiger partial charge >= 0.3 is 0 Å². The average Bonchev–Trinajstić information content (AvgIpc) is 3.20. The van der Waals surface area contributed by atoms with Crippen LogP contribution in [0.15, 0.2) is 77.9 Å². The van der Waals surface area contributed by atoms with E-state index in [1.165, 1.54) is 12.1 Å². The van der Waals surface area contributed by atoms with Crippen molar-refractivity contribution in [1.29, 1.82) is 0 Å². The maximum atomic E-state index is 13.9. The number of halogens is 1. The van der Waals surface area contributed by atoms with E-state index in [4.69, 9.17) is 14.6 Å². The predicted molar refractivity (Wildman–Crippen MR) is 110 cm³/mol. The van der Waals surface area contributed by atoms with E-state index < -0.39 is 6.23 Å². The van der Waals surface area contributed by atoms with Crippen molar-refractivity contribution in [3.8, 4) is 11.5 Å². The summed E-state index contributed by atoms with van der Waals surface area (Å²) in [6.45, 7) is 2.57. The summed E-state index contributed by atoms with van der Waals surface area (Å²) in [6.07, 6.45) is 0.268. The molecule has 2 heterocycles. The van der Waals surface area contributed by atoms with Gasteiger partial charge in [-0.25, -0.2) is 9.40 Å². The molecule has 29 heavy (non-hydrogen) atoms. The minimum absolute atomic E-state index is 0.00243. The Bertz CT molecular complexity index is 1070. The van der Waals surface area contributed by atoms with Crippen LogP contribution < -0.4 is 9.47 Å². The second-order valence-electron chi connectivity index (χ2n) is 7.17. The molecule has 4 nitrogen and oxygen atoms in total. The number of ether oxygens (including phenoxy) is 2. The van der Waals surface area contributed by atoms with Crippen molar-refractivity contribution in [2.24, 2.45) is 5.10 Å². The Kier molecular flexibility index (Phi) is 4.43. The summed E-state index contributed by atoms with van der Waals surface area (Å²) in [7, 11) is 0. The number of rotatable bonds is 4. The van der Waals surface area contributed by atoms with Crippen LogP contribution in [0.2, 0.25) is 0 Å². The van der Waals surface area contributed by atoms with Gasteiger partial charge in [0.2, 0.25) is 6.23 Å². The number of hydrazone groups is 1. The fraction of sp³-hybridized carbons (Fsp3) is 0.208. The molecule has 5 rings (SSSR count). The Morgan fingerprint density at radius 2 is 1.93 bits per heavy atom. The SMILES string of the molecule is CCOc1ccc2c(c1)[C@H]1CC(c3ccccc3)=NN1[C@@H](c1cccc(F)c1)O2. The first-order chi connectivity index (χ1) is 14.2. The Morgan fingerprint density at radius 3 is 2.72 bits per heavy atom. The molecule has 0 radical (unpaired) electrons. The standard InChI is InChI=1S/C24H21FN2O2/c1-2-28-19-11-12-23-20(14-19)22-15-21(16-7-4-3-5-8-16)26-27(22)24(29-23)17-9-6-10-18(25)13-17/h3-14,22,24H,2,15H2,1H3/t22-,24-/m1/s1. The third-order valence-corrected chi connectivity index (χ3v) is 5.31. The van der Waals surface area contributed by atoms with Crippen LogP contribution in [-0.2, 0) is 0 Å². The summed E-state index contributed by atoms with van der Waals surface area (Å²) >= 11 is 0. The van der Waals surface area contributed by atoms with Crippen LogP contribution in [0.1, 0.15) is 42.3 Å². The normalized spacial score (nSPS) is 19.8. The maximum Gasteiger partial charge on any atom is 0.213 e. The molecule has 2 aliphatic heterocycles. The maximum absolute atomic E-state index is 13.9. The van der Waals surface area contributed by atoms with Gasteiger partial charge in [0.1, 0.15) is 17.3 Å². The molecular formula is C24H21FN2O2. The first-order valence-corrected chi connectivity index (χ1v) is 9.83. The van der Waals surface area contributed by atoms with Gasteiger partial charge in [-0.1, -0.05) is 42.5 Å². The average molecular weight is 388 g/mol. The third kappa shape index (κ3) is 3.23. The zero-order chi connectivity index (χ0) is 19.8. The molecule has 0 aliphatic carbocycles. The molecule has 0 aromatic heterocycles. The smallest absolute Gasteiger partial charge is 0.213 e. The van der Waals surface area contributed by atoms with Gasteiger partial charge in [-0.3, -0.25) is 0 Å². The van der Waals surface area contributed by atoms with E-state index in [2.05, 4.69) is 12.1 Å². The second-order valence-corrected chi connectivity index (χ2v) is 7.17. The van der Waals surface area contributed by atoms with E-state index in [-0.39, 0.29) is 11.9 Å². The highest BCUT2D eigenvalue weighted by atomic mass is 19.1. The summed E-state index contributed by atoms with van der Waals surface area (Å²) in [5, 5.41) is 6.86. The molecule has 0 amide bonds. The van der Waals surface area contributed by atoms with Crippen molar-refractivity contribution in [3.63, 3.8) is 0 Å². The predicted octanol–water partition coefficient (Wildman–Crippen LogP) is 5.47. The van der Waals surface area contributed by atoms with Crippen molar-refractivity contribution >= 4 is 5.71 Å². The van der Waals surface area contributed by atoms with Crippen molar-refractivity contribution in [3.05, 3.63) is 95.3 Å². The minimum atomic E-state index is -0.484. The lowest BCUT2D eigenvalue weighted by molar-refractivity contribution is -0.0193. The molecule has 0 unspecified atom stereocenters. The molecule has 2 aliphatic rings. The number of benzene rings is 3. The lowest BCUT2D eigenvalue weighted by Crippen LogP contribution is -2.33. The van der Waals surface area contributed by atoms with Crippen LogP contribution in [0, 0.1) is 5.82 Å². The lowest BCUT2D eigenvalue weighted by atomic mass is 9.95. The summed E-state index contributed by atoms with van der Waals surface area (Å²) in [4.78, 5) is 0. The van der Waals surface area contributed by atoms with Crippen LogP contribution >= 0.6 is 0 Å². The molecule has 0 bridgehead atoms. The molecule has 3 aromatic carbocycles. The number of nitrogens with zero attached hydrogens (tertiary/aromatic N) is 2. The fourth-order valence-electron chi connectivity index (χ4n) is 4.01. The first kappa shape index (κ1) is 17.7. The van der Waals surface area contributed by atoms with Crippen LogP contribution in [0.4, 0.5) is 4.39 Å². The summed E-state index contributed by atoms with van der Waals surface area (Å²) in [5.74, 6) is 1.31. The van der Waals surface area contributed by atoms with Crippen molar-refractivity contribution < 1.29 is 13.9 Å². The number of hydrogen-bond acceptors (Lipinski definition) is 4. The van der Waals surface area contributed by atoms with Crippen molar-refractivity contribution in [2.75, 3.05) is 6.61 Å². The monoisotopic (exact) mass is 388 g/mol. The van der Waals surface area contributed by atoms with Gasteiger partial charge in [0, 0.05) is 17.5 Å². The highest BCUT2D eigenvalue weighted by Gasteiger charge is 2.41. The van der Waals surface area contributed by atoms with E-state index in [0.29, 0.717) is 6.61 Å². The summed E-state index contributed by atoms with van der Waals surface area (Å²) < 4.78 is 25.9. The molecule has 0 saturated heterocycles. The Morgan fingerprint density at radius 1 is 1.07 bits per heavy atom. The van der Waals surface area contributed by atoms with Crippen LogP contribution in [0.5, 0.6) is 11.5 Å². The highest BCUT2D eigenvalue weighted by molar-refractivity contribution is 6.01. The van der Waals surface area contributed by atoms with Gasteiger partial charge in [-0.05, 0) is 42.8 Å². The minimum Gasteiger partial charge on any atom is -0.494 e. The summed E-state index contributed by atoms with van der Waals surface area (Å²) in [5.41, 5.74) is 3.86. The van der Waals surface area contributed by atoms with Crippen molar-refractivity contribution in [1.82, 2.24) is 5.01 Å². The second kappa shape index (κ2) is 7.24. The Balaban J connectivity index is 1.59. The molecule has 3 aromatic rings. The van der Waals surface area contributed by atoms with E-state index in [9.17, 15) is 4.39 Å². The van der Waals surface area contributed by atoms with Crippen LogP contribution in [-0.4, -0.2) is 17.3 Å². The van der Waals surface area contributed by atoms with Gasteiger partial charge in [-0.2, -0.15) is 5.10 Å². The molecule has 146 valence electrons. The van der Waals surface area contributed by atoms with E-state index >= 15 is 0 Å². The van der Waals surface area contributed by atoms with E-state index in [0.717, 1.165) is 40.3 Å². The Labute approximate surface area is 169 Å². The van der Waals surface area contributed by atoms with Crippen molar-refractivity contribution in [2.45, 2.75) is 25.6 Å². The van der Waals surface area contributed by atoms with Gasteiger partial charge in [0.15, 0.2) is 0 Å². The van der Waals surface area contributed by atoms with Gasteiger partial charge in [-0.15, -0.1) is 0 Å². The molecule has 0 spiro atoms. The highest BCUT2D eigenvalue weighted by Crippen LogP contribution is 2.48. The van der Waals surface area contributed by atoms with E-state index in [1.807, 2.05) is 54.4 Å². The van der Waals surface area contributed by atoms with Gasteiger partial charge < -0.3 is 9.47 Å². The van der Waals surface area contributed by atoms with E-state index in [1.54, 1.807) is 6.07 Å². The van der Waals surface area contributed by atoms with Crippen LogP contribution in [0.3, 0.4) is 0 Å². The third-order valence-electron chi connectivity index (χ3n) is 5.31. The molecule has 0 N–H and O–H groups in total. The van der Waals surface area contributed by atoms with Gasteiger partial charge in [0.25, 0.3) is 0 Å². The Hall–Kier alpha value is -3.34. The number of fused-ring (bicyclic) bond motifs is 3. The van der Waals surface area contributed by atoms with Crippen LogP contribution in [0.25, 0.3) is 0 Å². The fourth-order valence-corrected chi connectivity index (χ4v) is 4.01. The molecular weight excluding hydrogens is 367 g/mol. The number of hydrogen-bond donors (Lipinski definition) is 0. The first-order valence-electron chi connectivity index (χ1n) is 9.83. The largest absolute Gasteiger partial charge is 0.494 e. The lowest BCUT2D eigenvalue weighted by Gasteiger charge is -2.38.